The first-order valence-electron chi connectivity index (χ1n) is 7.08. The molecule has 1 aliphatic rings. The van der Waals surface area contributed by atoms with Gasteiger partial charge in [-0.1, -0.05) is 30.3 Å². The number of rotatable bonds is 4. The first kappa shape index (κ1) is 12.7. The quantitative estimate of drug-likeness (QED) is 0.744. The van der Waals surface area contributed by atoms with Crippen molar-refractivity contribution in [3.8, 4) is 0 Å². The summed E-state index contributed by atoms with van der Waals surface area (Å²) in [7, 11) is 0. The summed E-state index contributed by atoms with van der Waals surface area (Å²) in [5, 5.41) is 0. The van der Waals surface area contributed by atoms with Crippen LogP contribution in [0.4, 0.5) is 0 Å². The molecule has 0 amide bonds. The van der Waals surface area contributed by atoms with Crippen molar-refractivity contribution in [2.24, 2.45) is 5.41 Å². The van der Waals surface area contributed by atoms with Gasteiger partial charge < -0.3 is 0 Å². The van der Waals surface area contributed by atoms with E-state index in [-0.39, 0.29) is 11.0 Å². The highest BCUT2D eigenvalue weighted by molar-refractivity contribution is 7.16. The van der Waals surface area contributed by atoms with E-state index in [9.17, 15) is 4.79 Å². The van der Waals surface area contributed by atoms with Gasteiger partial charge in [0.05, 0.1) is 11.8 Å². The Morgan fingerprint density at radius 3 is 2.76 bits per heavy atom. The van der Waals surface area contributed by atoms with Gasteiger partial charge in [0.1, 0.15) is 0 Å². The van der Waals surface area contributed by atoms with Gasteiger partial charge >= 0.3 is 0 Å². The second-order valence-corrected chi connectivity index (χ2v) is 6.68. The molecule has 0 unspecified atom stereocenters. The summed E-state index contributed by atoms with van der Waals surface area (Å²) >= 11 is 1.41. The third-order valence-corrected chi connectivity index (χ3v) is 4.94. The highest BCUT2D eigenvalue weighted by Gasteiger charge is 2.43. The van der Waals surface area contributed by atoms with E-state index < -0.39 is 0 Å². The number of nitrogens with zero attached hydrogens (tertiary/aromatic N) is 3. The van der Waals surface area contributed by atoms with Crippen molar-refractivity contribution in [3.05, 3.63) is 58.1 Å². The summed E-state index contributed by atoms with van der Waals surface area (Å²) in [6, 6.07) is 10.5. The molecule has 21 heavy (non-hydrogen) atoms. The molecule has 0 atom stereocenters. The molecule has 1 fully saturated rings. The second-order valence-electron chi connectivity index (χ2n) is 5.85. The molecule has 0 aliphatic heterocycles. The average molecular weight is 297 g/mol. The summed E-state index contributed by atoms with van der Waals surface area (Å²) in [5.74, 6) is 0. The number of fused-ring (bicyclic) bond motifs is 1. The van der Waals surface area contributed by atoms with Crippen LogP contribution in [0.2, 0.25) is 0 Å². The van der Waals surface area contributed by atoms with Gasteiger partial charge in [-0.25, -0.2) is 9.97 Å². The van der Waals surface area contributed by atoms with Gasteiger partial charge in [-0.2, -0.15) is 0 Å². The lowest BCUT2D eigenvalue weighted by Crippen LogP contribution is -2.26. The van der Waals surface area contributed by atoms with Crippen molar-refractivity contribution >= 4 is 21.7 Å². The molecular weight excluding hydrogens is 282 g/mol. The fourth-order valence-electron chi connectivity index (χ4n) is 2.86. The first-order valence-corrected chi connectivity index (χ1v) is 7.96. The topological polar surface area (TPSA) is 47.8 Å². The van der Waals surface area contributed by atoms with E-state index in [0.717, 1.165) is 17.8 Å². The highest BCUT2D eigenvalue weighted by Crippen LogP contribution is 2.49. The van der Waals surface area contributed by atoms with Crippen LogP contribution < -0.4 is 5.56 Å². The Balaban J connectivity index is 1.62. The third kappa shape index (κ3) is 2.38. The fraction of sp³-hybridized carbons (Fsp3) is 0.312. The SMILES string of the molecule is O=c1c2ncsc2ncn1CC1(Cc2ccccc2)CC1. The molecule has 0 saturated heterocycles. The Morgan fingerprint density at radius 2 is 2.00 bits per heavy atom. The molecule has 1 saturated carbocycles. The molecule has 4 nitrogen and oxygen atoms in total. The number of benzene rings is 1. The van der Waals surface area contributed by atoms with E-state index in [1.807, 2.05) is 6.07 Å². The Morgan fingerprint density at radius 1 is 1.19 bits per heavy atom. The van der Waals surface area contributed by atoms with Crippen molar-refractivity contribution in [2.45, 2.75) is 25.8 Å². The second kappa shape index (κ2) is 4.77. The summed E-state index contributed by atoms with van der Waals surface area (Å²) in [6.07, 6.45) is 5.04. The predicted octanol–water partition coefficient (Wildman–Crippen LogP) is 2.88. The van der Waals surface area contributed by atoms with Crippen LogP contribution in [0.15, 0.2) is 47.0 Å². The molecule has 106 valence electrons. The Labute approximate surface area is 126 Å². The summed E-state index contributed by atoms with van der Waals surface area (Å²) in [5.41, 5.74) is 3.72. The molecule has 0 N–H and O–H groups in total. The van der Waals surface area contributed by atoms with E-state index in [1.165, 1.54) is 29.7 Å². The Hall–Kier alpha value is -2.01. The van der Waals surface area contributed by atoms with Crippen LogP contribution in [0.5, 0.6) is 0 Å². The van der Waals surface area contributed by atoms with Crippen molar-refractivity contribution < 1.29 is 0 Å². The van der Waals surface area contributed by atoms with Crippen LogP contribution in [0.1, 0.15) is 18.4 Å². The van der Waals surface area contributed by atoms with Crippen LogP contribution >= 0.6 is 11.3 Å². The van der Waals surface area contributed by atoms with Gasteiger partial charge in [0, 0.05) is 6.54 Å². The maximum absolute atomic E-state index is 12.4. The monoisotopic (exact) mass is 297 g/mol. The zero-order valence-electron chi connectivity index (χ0n) is 11.5. The van der Waals surface area contributed by atoms with Crippen LogP contribution in [-0.2, 0) is 13.0 Å². The third-order valence-electron chi connectivity index (χ3n) is 4.21. The number of aromatic nitrogens is 3. The Bertz CT molecular complexity index is 833. The molecule has 0 radical (unpaired) electrons. The van der Waals surface area contributed by atoms with Gasteiger partial charge in [-0.05, 0) is 30.2 Å². The zero-order chi connectivity index (χ0) is 14.3. The maximum Gasteiger partial charge on any atom is 0.280 e. The number of thiazole rings is 1. The number of hydrogen-bond acceptors (Lipinski definition) is 4. The van der Waals surface area contributed by atoms with Gasteiger partial charge in [0.15, 0.2) is 10.3 Å². The predicted molar refractivity (Wildman–Crippen MR) is 83.5 cm³/mol. The molecule has 1 aliphatic carbocycles. The summed E-state index contributed by atoms with van der Waals surface area (Å²) < 4.78 is 1.73. The number of hydrogen-bond donors (Lipinski definition) is 0. The van der Waals surface area contributed by atoms with Crippen LogP contribution in [0, 0.1) is 5.41 Å². The maximum atomic E-state index is 12.4. The van der Waals surface area contributed by atoms with Crippen molar-refractivity contribution in [2.75, 3.05) is 0 Å². The van der Waals surface area contributed by atoms with Crippen molar-refractivity contribution in [1.82, 2.24) is 14.5 Å². The minimum atomic E-state index is -0.0133. The van der Waals surface area contributed by atoms with E-state index in [0.29, 0.717) is 5.52 Å². The highest BCUT2D eigenvalue weighted by atomic mass is 32.1. The van der Waals surface area contributed by atoms with Gasteiger partial charge in [-0.3, -0.25) is 9.36 Å². The van der Waals surface area contributed by atoms with E-state index in [4.69, 9.17) is 0 Å². The van der Waals surface area contributed by atoms with Gasteiger partial charge in [0.25, 0.3) is 5.56 Å². The average Bonchev–Trinajstić information content (AvgIpc) is 3.07. The first-order chi connectivity index (χ1) is 10.3. The lowest BCUT2D eigenvalue weighted by atomic mass is 9.96. The van der Waals surface area contributed by atoms with Crippen molar-refractivity contribution in [3.63, 3.8) is 0 Å². The van der Waals surface area contributed by atoms with E-state index in [1.54, 1.807) is 16.4 Å². The molecule has 0 spiro atoms. The molecule has 1 aromatic carbocycles. The molecule has 3 aromatic rings. The standard InChI is InChI=1S/C16H15N3OS/c20-15-13-14(21-11-18-13)17-10-19(15)9-16(6-7-16)8-12-4-2-1-3-5-12/h1-5,10-11H,6-9H2. The summed E-state index contributed by atoms with van der Waals surface area (Å²) in [4.78, 5) is 21.6. The van der Waals surface area contributed by atoms with Crippen LogP contribution in [-0.4, -0.2) is 14.5 Å². The van der Waals surface area contributed by atoms with Gasteiger partial charge in [0.2, 0.25) is 0 Å². The lowest BCUT2D eigenvalue weighted by Gasteiger charge is -2.16. The van der Waals surface area contributed by atoms with Crippen LogP contribution in [0.3, 0.4) is 0 Å². The molecule has 4 rings (SSSR count). The molecule has 5 heteroatoms. The molecular formula is C16H15N3OS. The smallest absolute Gasteiger partial charge is 0.280 e. The zero-order valence-corrected chi connectivity index (χ0v) is 12.3. The van der Waals surface area contributed by atoms with Crippen LogP contribution in [0.25, 0.3) is 10.3 Å². The molecule has 0 bridgehead atoms. The normalized spacial score (nSPS) is 16.2. The summed E-state index contributed by atoms with van der Waals surface area (Å²) in [6.45, 7) is 0.737. The Kier molecular flexibility index (Phi) is 2.89. The molecule has 2 aromatic heterocycles. The minimum absolute atomic E-state index is 0.0133. The van der Waals surface area contributed by atoms with E-state index in [2.05, 4.69) is 34.2 Å². The molecule has 2 heterocycles. The van der Waals surface area contributed by atoms with Gasteiger partial charge in [-0.15, -0.1) is 11.3 Å². The van der Waals surface area contributed by atoms with Crippen molar-refractivity contribution in [1.29, 1.82) is 0 Å². The minimum Gasteiger partial charge on any atom is -0.297 e. The van der Waals surface area contributed by atoms with E-state index >= 15 is 0 Å². The largest absolute Gasteiger partial charge is 0.297 e. The fourth-order valence-corrected chi connectivity index (χ4v) is 3.48. The lowest BCUT2D eigenvalue weighted by molar-refractivity contribution is 0.411.